The summed E-state index contributed by atoms with van der Waals surface area (Å²) in [6, 6.07) is 9.50. The molecule has 0 bridgehead atoms. The van der Waals surface area contributed by atoms with Crippen LogP contribution in [0.4, 0.5) is 0 Å². The van der Waals surface area contributed by atoms with E-state index in [0.29, 0.717) is 6.04 Å². The van der Waals surface area contributed by atoms with Crippen molar-refractivity contribution in [3.63, 3.8) is 0 Å². The van der Waals surface area contributed by atoms with Gasteiger partial charge >= 0.3 is 0 Å². The van der Waals surface area contributed by atoms with Crippen molar-refractivity contribution >= 4 is 0 Å². The summed E-state index contributed by atoms with van der Waals surface area (Å²) in [4.78, 5) is 0. The van der Waals surface area contributed by atoms with E-state index >= 15 is 0 Å². The Morgan fingerprint density at radius 1 is 1.25 bits per heavy atom. The van der Waals surface area contributed by atoms with Gasteiger partial charge in [0, 0.05) is 12.6 Å². The number of nitrogens with one attached hydrogen (secondary N) is 1. The van der Waals surface area contributed by atoms with E-state index in [1.165, 1.54) is 24.0 Å². The SMILES string of the molecule is CCCc1ccc(CC2COCCN2)cc1. The van der Waals surface area contributed by atoms with E-state index in [9.17, 15) is 0 Å². The molecule has 0 aliphatic carbocycles. The molecule has 2 nitrogen and oxygen atoms in total. The molecule has 1 fully saturated rings. The lowest BCUT2D eigenvalue weighted by Gasteiger charge is -2.23. The highest BCUT2D eigenvalue weighted by Crippen LogP contribution is 2.09. The highest BCUT2D eigenvalue weighted by atomic mass is 16.5. The Morgan fingerprint density at radius 3 is 2.62 bits per heavy atom. The average molecular weight is 219 g/mol. The standard InChI is InChI=1S/C14H21NO/c1-2-3-12-4-6-13(7-5-12)10-14-11-16-9-8-15-14/h4-7,14-15H,2-3,8-11H2,1H3. The van der Waals surface area contributed by atoms with Crippen LogP contribution in [-0.4, -0.2) is 25.8 Å². The van der Waals surface area contributed by atoms with Crippen molar-refractivity contribution in [1.29, 1.82) is 0 Å². The number of rotatable bonds is 4. The topological polar surface area (TPSA) is 21.3 Å². The quantitative estimate of drug-likeness (QED) is 0.838. The first-order chi connectivity index (χ1) is 7.88. The minimum Gasteiger partial charge on any atom is -0.379 e. The van der Waals surface area contributed by atoms with Crippen LogP contribution in [0.15, 0.2) is 24.3 Å². The zero-order valence-corrected chi connectivity index (χ0v) is 10.0. The van der Waals surface area contributed by atoms with Crippen molar-refractivity contribution in [1.82, 2.24) is 5.32 Å². The molecule has 0 amide bonds. The van der Waals surface area contributed by atoms with Crippen LogP contribution in [0.5, 0.6) is 0 Å². The molecular formula is C14H21NO. The summed E-state index contributed by atoms with van der Waals surface area (Å²) in [6.45, 7) is 4.90. The van der Waals surface area contributed by atoms with Crippen molar-refractivity contribution in [3.8, 4) is 0 Å². The average Bonchev–Trinajstić information content (AvgIpc) is 2.33. The highest BCUT2D eigenvalue weighted by Gasteiger charge is 2.12. The van der Waals surface area contributed by atoms with Gasteiger partial charge in [0.15, 0.2) is 0 Å². The van der Waals surface area contributed by atoms with Gasteiger partial charge in [-0.3, -0.25) is 0 Å². The third kappa shape index (κ3) is 3.32. The Hall–Kier alpha value is -0.860. The van der Waals surface area contributed by atoms with Crippen molar-refractivity contribution in [2.75, 3.05) is 19.8 Å². The molecule has 1 unspecified atom stereocenters. The summed E-state index contributed by atoms with van der Waals surface area (Å²) in [5.74, 6) is 0. The van der Waals surface area contributed by atoms with Gasteiger partial charge in [0.1, 0.15) is 0 Å². The monoisotopic (exact) mass is 219 g/mol. The minimum absolute atomic E-state index is 0.491. The fourth-order valence-electron chi connectivity index (χ4n) is 2.17. The van der Waals surface area contributed by atoms with Crippen LogP contribution in [0.3, 0.4) is 0 Å². The Balaban J connectivity index is 1.88. The Kier molecular flexibility index (Phi) is 4.37. The third-order valence-corrected chi connectivity index (χ3v) is 3.04. The van der Waals surface area contributed by atoms with Gasteiger partial charge in [0.05, 0.1) is 13.2 Å². The minimum atomic E-state index is 0.491. The van der Waals surface area contributed by atoms with E-state index in [1.807, 2.05) is 0 Å². The second kappa shape index (κ2) is 6.02. The summed E-state index contributed by atoms with van der Waals surface area (Å²) < 4.78 is 5.45. The molecule has 1 aromatic rings. The summed E-state index contributed by atoms with van der Waals surface area (Å²) in [7, 11) is 0. The lowest BCUT2D eigenvalue weighted by atomic mass is 10.0. The summed E-state index contributed by atoms with van der Waals surface area (Å²) >= 11 is 0. The second-order valence-corrected chi connectivity index (χ2v) is 4.50. The second-order valence-electron chi connectivity index (χ2n) is 4.50. The van der Waals surface area contributed by atoms with Crippen molar-refractivity contribution in [3.05, 3.63) is 35.4 Å². The number of hydrogen-bond acceptors (Lipinski definition) is 2. The molecule has 1 aromatic carbocycles. The highest BCUT2D eigenvalue weighted by molar-refractivity contribution is 5.23. The molecule has 1 N–H and O–H groups in total. The van der Waals surface area contributed by atoms with Crippen LogP contribution in [0.1, 0.15) is 24.5 Å². The molecule has 0 radical (unpaired) electrons. The number of morpholine rings is 1. The Labute approximate surface area is 98.0 Å². The van der Waals surface area contributed by atoms with Gasteiger partial charge in [-0.05, 0) is 24.0 Å². The van der Waals surface area contributed by atoms with Crippen molar-refractivity contribution < 1.29 is 4.74 Å². The Bertz CT molecular complexity index is 301. The molecule has 2 rings (SSSR count). The van der Waals surface area contributed by atoms with Crippen LogP contribution in [0, 0.1) is 0 Å². The predicted octanol–water partition coefficient (Wildman–Crippen LogP) is 2.17. The molecule has 1 saturated heterocycles. The molecule has 0 spiro atoms. The maximum Gasteiger partial charge on any atom is 0.0623 e. The van der Waals surface area contributed by atoms with Crippen LogP contribution < -0.4 is 5.32 Å². The number of ether oxygens (including phenoxy) is 1. The zero-order valence-electron chi connectivity index (χ0n) is 10.0. The predicted molar refractivity (Wildman–Crippen MR) is 66.8 cm³/mol. The fourth-order valence-corrected chi connectivity index (χ4v) is 2.17. The molecular weight excluding hydrogens is 198 g/mol. The van der Waals surface area contributed by atoms with Gasteiger partial charge in [-0.15, -0.1) is 0 Å². The fraction of sp³-hybridized carbons (Fsp3) is 0.571. The lowest BCUT2D eigenvalue weighted by Crippen LogP contribution is -2.42. The third-order valence-electron chi connectivity index (χ3n) is 3.04. The van der Waals surface area contributed by atoms with E-state index in [2.05, 4.69) is 36.5 Å². The first-order valence-electron chi connectivity index (χ1n) is 6.27. The van der Waals surface area contributed by atoms with Gasteiger partial charge in [0.25, 0.3) is 0 Å². The molecule has 88 valence electrons. The van der Waals surface area contributed by atoms with E-state index in [1.54, 1.807) is 0 Å². The van der Waals surface area contributed by atoms with Crippen LogP contribution in [-0.2, 0) is 17.6 Å². The van der Waals surface area contributed by atoms with Crippen LogP contribution >= 0.6 is 0 Å². The molecule has 0 aromatic heterocycles. The number of aryl methyl sites for hydroxylation is 1. The first-order valence-corrected chi connectivity index (χ1v) is 6.27. The number of hydrogen-bond donors (Lipinski definition) is 1. The van der Waals surface area contributed by atoms with Crippen LogP contribution in [0.25, 0.3) is 0 Å². The van der Waals surface area contributed by atoms with E-state index < -0.39 is 0 Å². The molecule has 1 heterocycles. The van der Waals surface area contributed by atoms with Gasteiger partial charge in [-0.2, -0.15) is 0 Å². The number of benzene rings is 1. The molecule has 2 heteroatoms. The molecule has 1 aliphatic rings. The molecule has 1 atom stereocenters. The molecule has 16 heavy (non-hydrogen) atoms. The molecule has 0 saturated carbocycles. The summed E-state index contributed by atoms with van der Waals surface area (Å²) in [6.07, 6.45) is 3.48. The normalized spacial score (nSPS) is 20.9. The zero-order chi connectivity index (χ0) is 11.2. The van der Waals surface area contributed by atoms with Crippen LogP contribution in [0.2, 0.25) is 0 Å². The van der Waals surface area contributed by atoms with E-state index in [-0.39, 0.29) is 0 Å². The van der Waals surface area contributed by atoms with E-state index in [4.69, 9.17) is 4.74 Å². The van der Waals surface area contributed by atoms with Gasteiger partial charge in [-0.1, -0.05) is 37.6 Å². The molecule has 1 aliphatic heterocycles. The largest absolute Gasteiger partial charge is 0.379 e. The summed E-state index contributed by atoms with van der Waals surface area (Å²) in [5, 5.41) is 3.48. The Morgan fingerprint density at radius 2 is 2.00 bits per heavy atom. The van der Waals surface area contributed by atoms with Crippen molar-refractivity contribution in [2.24, 2.45) is 0 Å². The smallest absolute Gasteiger partial charge is 0.0623 e. The lowest BCUT2D eigenvalue weighted by molar-refractivity contribution is 0.0770. The summed E-state index contributed by atoms with van der Waals surface area (Å²) in [5.41, 5.74) is 2.85. The van der Waals surface area contributed by atoms with Gasteiger partial charge < -0.3 is 10.1 Å². The van der Waals surface area contributed by atoms with Gasteiger partial charge in [0.2, 0.25) is 0 Å². The van der Waals surface area contributed by atoms with Gasteiger partial charge in [-0.25, -0.2) is 0 Å². The maximum atomic E-state index is 5.45. The van der Waals surface area contributed by atoms with Crippen molar-refractivity contribution in [2.45, 2.75) is 32.2 Å². The van der Waals surface area contributed by atoms with E-state index in [0.717, 1.165) is 26.2 Å². The first kappa shape index (κ1) is 11.6. The maximum absolute atomic E-state index is 5.45.